The topological polar surface area (TPSA) is 40.6 Å². The molecular formula is C12H22N2O2. The van der Waals surface area contributed by atoms with E-state index in [-0.39, 0.29) is 11.8 Å². The fourth-order valence-electron chi connectivity index (χ4n) is 1.27. The van der Waals surface area contributed by atoms with Crippen molar-refractivity contribution in [2.75, 3.05) is 27.2 Å². The Hall–Kier alpha value is -1.32. The van der Waals surface area contributed by atoms with E-state index in [1.807, 2.05) is 13.8 Å². The Morgan fingerprint density at radius 3 is 1.75 bits per heavy atom. The number of hydrogen-bond donors (Lipinski definition) is 0. The van der Waals surface area contributed by atoms with Crippen LogP contribution in [0.5, 0.6) is 0 Å². The number of rotatable bonds is 6. The van der Waals surface area contributed by atoms with Gasteiger partial charge in [0.1, 0.15) is 0 Å². The molecular weight excluding hydrogens is 204 g/mol. The van der Waals surface area contributed by atoms with Gasteiger partial charge in [0.25, 0.3) is 0 Å². The molecule has 2 amide bonds. The maximum absolute atomic E-state index is 11.7. The summed E-state index contributed by atoms with van der Waals surface area (Å²) in [5.41, 5.74) is 0. The van der Waals surface area contributed by atoms with Gasteiger partial charge >= 0.3 is 0 Å². The van der Waals surface area contributed by atoms with Crippen LogP contribution in [0, 0.1) is 0 Å². The molecule has 0 saturated heterocycles. The first kappa shape index (κ1) is 14.7. The molecule has 0 spiro atoms. The first-order valence-corrected chi connectivity index (χ1v) is 5.71. The molecule has 0 aliphatic carbocycles. The third-order valence-electron chi connectivity index (χ3n) is 2.11. The highest BCUT2D eigenvalue weighted by molar-refractivity contribution is 5.96. The van der Waals surface area contributed by atoms with Crippen molar-refractivity contribution < 1.29 is 9.59 Å². The molecule has 92 valence electrons. The molecule has 0 aliphatic rings. The average Bonchev–Trinajstić information content (AvgIpc) is 2.24. The van der Waals surface area contributed by atoms with Gasteiger partial charge in [-0.1, -0.05) is 13.8 Å². The second-order valence-electron chi connectivity index (χ2n) is 3.89. The van der Waals surface area contributed by atoms with Crippen LogP contribution in [0.3, 0.4) is 0 Å². The zero-order valence-corrected chi connectivity index (χ0v) is 10.7. The van der Waals surface area contributed by atoms with Crippen LogP contribution in [0.15, 0.2) is 12.2 Å². The van der Waals surface area contributed by atoms with Gasteiger partial charge in [-0.05, 0) is 12.8 Å². The normalized spacial score (nSPS) is 10.5. The number of amides is 2. The van der Waals surface area contributed by atoms with Gasteiger partial charge in [0.15, 0.2) is 0 Å². The van der Waals surface area contributed by atoms with Gasteiger partial charge in [0.2, 0.25) is 11.8 Å². The number of likely N-dealkylation sites (N-methyl/N-ethyl adjacent to an activating group) is 1. The second-order valence-corrected chi connectivity index (χ2v) is 3.89. The Kier molecular flexibility index (Phi) is 7.25. The van der Waals surface area contributed by atoms with Crippen LogP contribution < -0.4 is 0 Å². The van der Waals surface area contributed by atoms with Crippen molar-refractivity contribution in [1.82, 2.24) is 9.80 Å². The largest absolute Gasteiger partial charge is 0.345 e. The highest BCUT2D eigenvalue weighted by Crippen LogP contribution is 1.97. The lowest BCUT2D eigenvalue weighted by molar-refractivity contribution is -0.127. The molecule has 0 aromatic carbocycles. The van der Waals surface area contributed by atoms with Gasteiger partial charge < -0.3 is 9.80 Å². The Bertz CT molecular complexity index is 254. The molecule has 0 radical (unpaired) electrons. The number of hydrogen-bond acceptors (Lipinski definition) is 2. The number of carbonyl (C=O) groups is 2. The minimum atomic E-state index is -0.165. The van der Waals surface area contributed by atoms with Crippen molar-refractivity contribution in [2.24, 2.45) is 0 Å². The first-order valence-electron chi connectivity index (χ1n) is 5.71. The molecule has 0 aliphatic heterocycles. The first-order chi connectivity index (χ1) is 7.52. The Balaban J connectivity index is 4.34. The Morgan fingerprint density at radius 2 is 1.38 bits per heavy atom. The highest BCUT2D eigenvalue weighted by Gasteiger charge is 2.08. The molecule has 0 bridgehead atoms. The minimum Gasteiger partial charge on any atom is -0.345 e. The summed E-state index contributed by atoms with van der Waals surface area (Å²) in [5.74, 6) is -0.250. The fraction of sp³-hybridized carbons (Fsp3) is 0.667. The molecule has 0 aromatic rings. The van der Waals surface area contributed by atoms with E-state index in [2.05, 4.69) is 0 Å². The van der Waals surface area contributed by atoms with E-state index in [1.165, 1.54) is 17.1 Å². The van der Waals surface area contributed by atoms with Crippen LogP contribution >= 0.6 is 0 Å². The smallest absolute Gasteiger partial charge is 0.246 e. The van der Waals surface area contributed by atoms with Crippen molar-refractivity contribution in [3.63, 3.8) is 0 Å². The number of nitrogens with zero attached hydrogens (tertiary/aromatic N) is 2. The lowest BCUT2D eigenvalue weighted by atomic mass is 10.3. The molecule has 16 heavy (non-hydrogen) atoms. The lowest BCUT2D eigenvalue weighted by Gasteiger charge is -2.19. The molecule has 0 fully saturated rings. The Morgan fingerprint density at radius 1 is 0.938 bits per heavy atom. The van der Waals surface area contributed by atoms with E-state index in [0.717, 1.165) is 25.9 Å². The van der Waals surface area contributed by atoms with Crippen molar-refractivity contribution in [3.05, 3.63) is 12.2 Å². The molecule has 0 aromatic heterocycles. The minimum absolute atomic E-state index is 0.0844. The van der Waals surface area contributed by atoms with Gasteiger partial charge in [-0.3, -0.25) is 9.59 Å². The van der Waals surface area contributed by atoms with Gasteiger partial charge in [-0.15, -0.1) is 0 Å². The molecule has 4 heteroatoms. The zero-order chi connectivity index (χ0) is 12.6. The molecule has 0 rings (SSSR count). The molecule has 0 atom stereocenters. The van der Waals surface area contributed by atoms with Gasteiger partial charge in [0.05, 0.1) is 0 Å². The Labute approximate surface area is 97.9 Å². The SMILES string of the molecule is CCCN(CCC)C(=O)/C=C\C(=O)N(C)C. The van der Waals surface area contributed by atoms with E-state index in [9.17, 15) is 9.59 Å². The maximum Gasteiger partial charge on any atom is 0.246 e. The monoisotopic (exact) mass is 226 g/mol. The van der Waals surface area contributed by atoms with Crippen molar-refractivity contribution in [3.8, 4) is 0 Å². The predicted molar refractivity (Wildman–Crippen MR) is 65.0 cm³/mol. The van der Waals surface area contributed by atoms with Gasteiger partial charge in [0, 0.05) is 39.3 Å². The number of carbonyl (C=O) groups excluding carboxylic acids is 2. The van der Waals surface area contributed by atoms with E-state index >= 15 is 0 Å². The van der Waals surface area contributed by atoms with Crippen LogP contribution in [0.1, 0.15) is 26.7 Å². The van der Waals surface area contributed by atoms with Gasteiger partial charge in [-0.25, -0.2) is 0 Å². The van der Waals surface area contributed by atoms with Crippen molar-refractivity contribution in [2.45, 2.75) is 26.7 Å². The predicted octanol–water partition coefficient (Wildman–Crippen LogP) is 1.28. The standard InChI is InChI=1S/C12H22N2O2/c1-5-9-14(10-6-2)12(16)8-7-11(15)13(3)4/h7-8H,5-6,9-10H2,1-4H3/b8-7-. The van der Waals surface area contributed by atoms with Gasteiger partial charge in [-0.2, -0.15) is 0 Å². The summed E-state index contributed by atoms with van der Waals surface area (Å²) in [6.45, 7) is 5.55. The summed E-state index contributed by atoms with van der Waals surface area (Å²) in [7, 11) is 3.32. The summed E-state index contributed by atoms with van der Waals surface area (Å²) in [6.07, 6.45) is 4.54. The summed E-state index contributed by atoms with van der Waals surface area (Å²) < 4.78 is 0. The molecule has 0 saturated carbocycles. The highest BCUT2D eigenvalue weighted by atomic mass is 16.2. The van der Waals surface area contributed by atoms with E-state index in [4.69, 9.17) is 0 Å². The van der Waals surface area contributed by atoms with Crippen LogP contribution in [0.4, 0.5) is 0 Å². The van der Waals surface area contributed by atoms with Crippen molar-refractivity contribution >= 4 is 11.8 Å². The summed E-state index contributed by atoms with van der Waals surface area (Å²) in [6, 6.07) is 0. The third kappa shape index (κ3) is 5.53. The lowest BCUT2D eigenvalue weighted by Crippen LogP contribution is -2.31. The third-order valence-corrected chi connectivity index (χ3v) is 2.11. The van der Waals surface area contributed by atoms with E-state index < -0.39 is 0 Å². The molecule has 0 heterocycles. The average molecular weight is 226 g/mol. The quantitative estimate of drug-likeness (QED) is 0.640. The van der Waals surface area contributed by atoms with E-state index in [1.54, 1.807) is 19.0 Å². The van der Waals surface area contributed by atoms with Crippen LogP contribution in [0.25, 0.3) is 0 Å². The fourth-order valence-corrected chi connectivity index (χ4v) is 1.27. The molecule has 4 nitrogen and oxygen atoms in total. The van der Waals surface area contributed by atoms with Crippen molar-refractivity contribution in [1.29, 1.82) is 0 Å². The van der Waals surface area contributed by atoms with E-state index in [0.29, 0.717) is 0 Å². The van der Waals surface area contributed by atoms with Crippen LogP contribution in [-0.4, -0.2) is 48.8 Å². The molecule has 0 unspecified atom stereocenters. The summed E-state index contributed by atoms with van der Waals surface area (Å²) >= 11 is 0. The molecule has 0 N–H and O–H groups in total. The summed E-state index contributed by atoms with van der Waals surface area (Å²) in [5, 5.41) is 0. The second kappa shape index (κ2) is 7.91. The van der Waals surface area contributed by atoms with Crippen LogP contribution in [0.2, 0.25) is 0 Å². The van der Waals surface area contributed by atoms with Crippen LogP contribution in [-0.2, 0) is 9.59 Å². The maximum atomic E-state index is 11.7. The summed E-state index contributed by atoms with van der Waals surface area (Å²) in [4.78, 5) is 26.2. The zero-order valence-electron chi connectivity index (χ0n) is 10.7.